The highest BCUT2D eigenvalue weighted by Gasteiger charge is 2.25. The molecule has 1 fully saturated rings. The second-order valence-electron chi connectivity index (χ2n) is 7.52. The van der Waals surface area contributed by atoms with E-state index in [4.69, 9.17) is 5.11 Å². The van der Waals surface area contributed by atoms with Gasteiger partial charge in [0.2, 0.25) is 5.95 Å². The van der Waals surface area contributed by atoms with E-state index in [1.54, 1.807) is 12.1 Å². The quantitative estimate of drug-likeness (QED) is 0.666. The average molecular weight is 380 g/mol. The summed E-state index contributed by atoms with van der Waals surface area (Å²) in [4.78, 5) is 21.5. The summed E-state index contributed by atoms with van der Waals surface area (Å²) in [6, 6.07) is 9.22. The van der Waals surface area contributed by atoms with Crippen LogP contribution in [0.4, 0.5) is 11.6 Å². The van der Waals surface area contributed by atoms with E-state index in [2.05, 4.69) is 27.2 Å². The molecule has 3 N–H and O–H groups in total. The van der Waals surface area contributed by atoms with Crippen LogP contribution in [0.3, 0.4) is 0 Å². The molecule has 3 rings (SSSR count). The third kappa shape index (κ3) is 5.16. The smallest absolute Gasteiger partial charge is 0.251 e. The summed E-state index contributed by atoms with van der Waals surface area (Å²) in [7, 11) is 0. The number of aryl methyl sites for hydroxylation is 2. The first-order chi connectivity index (χ1) is 13.4. The number of carbonyl (C=O) groups is 1. The number of hydrogen-bond donors (Lipinski definition) is 3. The van der Waals surface area contributed by atoms with Gasteiger partial charge in [-0.15, -0.1) is 0 Å². The van der Waals surface area contributed by atoms with Gasteiger partial charge in [-0.2, -0.15) is 0 Å². The second kappa shape index (κ2) is 8.97. The van der Waals surface area contributed by atoms with E-state index < -0.39 is 0 Å². The summed E-state index contributed by atoms with van der Waals surface area (Å²) >= 11 is 0. The molecular formula is C22H28N4O2. The molecule has 0 spiro atoms. The summed E-state index contributed by atoms with van der Waals surface area (Å²) in [6.07, 6.45) is 3.52. The van der Waals surface area contributed by atoms with Gasteiger partial charge in [-0.1, -0.05) is 18.2 Å². The Kier molecular flexibility index (Phi) is 6.41. The van der Waals surface area contributed by atoms with E-state index in [1.165, 1.54) is 0 Å². The molecule has 1 saturated carbocycles. The number of carbonyl (C=O) groups excluding carboxylic acids is 1. The molecule has 2 unspecified atom stereocenters. The zero-order chi connectivity index (χ0) is 20.1. The molecule has 1 aromatic carbocycles. The van der Waals surface area contributed by atoms with Gasteiger partial charge in [-0.25, -0.2) is 9.97 Å². The number of rotatable bonds is 6. The molecular weight excluding hydrogens is 352 g/mol. The number of aromatic nitrogens is 2. The van der Waals surface area contributed by atoms with Gasteiger partial charge in [0.05, 0.1) is 6.04 Å². The Morgan fingerprint density at radius 3 is 2.64 bits per heavy atom. The molecule has 6 nitrogen and oxygen atoms in total. The zero-order valence-electron chi connectivity index (χ0n) is 16.5. The number of amides is 1. The van der Waals surface area contributed by atoms with Crippen molar-refractivity contribution < 1.29 is 9.90 Å². The maximum Gasteiger partial charge on any atom is 0.251 e. The van der Waals surface area contributed by atoms with Crippen LogP contribution in [0.1, 0.15) is 47.4 Å². The third-order valence-electron chi connectivity index (χ3n) is 5.11. The van der Waals surface area contributed by atoms with Crippen molar-refractivity contribution in [1.29, 1.82) is 0 Å². The van der Waals surface area contributed by atoms with Crippen LogP contribution in [0.15, 0.2) is 42.5 Å². The van der Waals surface area contributed by atoms with E-state index in [1.807, 2.05) is 32.0 Å². The number of aliphatic hydroxyl groups is 1. The molecule has 0 saturated heterocycles. The lowest BCUT2D eigenvalue weighted by molar-refractivity contribution is 0.0933. The van der Waals surface area contributed by atoms with E-state index in [9.17, 15) is 4.79 Å². The molecule has 2 aromatic rings. The molecule has 2 atom stereocenters. The van der Waals surface area contributed by atoms with Crippen LogP contribution in [0.2, 0.25) is 0 Å². The molecule has 0 bridgehead atoms. The van der Waals surface area contributed by atoms with Crippen LogP contribution in [0.5, 0.6) is 0 Å². The van der Waals surface area contributed by atoms with Gasteiger partial charge < -0.3 is 15.7 Å². The molecule has 0 aliphatic heterocycles. The van der Waals surface area contributed by atoms with Crippen molar-refractivity contribution in [3.8, 4) is 0 Å². The molecule has 1 aliphatic rings. The number of hydrogen-bond acceptors (Lipinski definition) is 5. The molecule has 1 heterocycles. The largest absolute Gasteiger partial charge is 0.396 e. The normalized spacial score (nSPS) is 19.3. The minimum absolute atomic E-state index is 0.0122. The van der Waals surface area contributed by atoms with Gasteiger partial charge in [-0.3, -0.25) is 4.79 Å². The Morgan fingerprint density at radius 1 is 1.21 bits per heavy atom. The van der Waals surface area contributed by atoms with Crippen LogP contribution >= 0.6 is 0 Å². The minimum atomic E-state index is -0.114. The Hall–Kier alpha value is -2.73. The lowest BCUT2D eigenvalue weighted by atomic mass is 9.81. The van der Waals surface area contributed by atoms with Crippen molar-refractivity contribution in [3.63, 3.8) is 0 Å². The minimum Gasteiger partial charge on any atom is -0.396 e. The summed E-state index contributed by atoms with van der Waals surface area (Å²) in [5.74, 6) is 0.873. The predicted molar refractivity (Wildman–Crippen MR) is 111 cm³/mol. The number of nitrogens with one attached hydrogen (secondary N) is 2. The van der Waals surface area contributed by atoms with Crippen LogP contribution in [0.25, 0.3) is 0 Å². The average Bonchev–Trinajstić information content (AvgIpc) is 2.63. The first kappa shape index (κ1) is 20.0. The first-order valence-corrected chi connectivity index (χ1v) is 9.73. The summed E-state index contributed by atoms with van der Waals surface area (Å²) < 4.78 is 0. The first-order valence-electron chi connectivity index (χ1n) is 9.73. The maximum atomic E-state index is 12.7. The van der Waals surface area contributed by atoms with Gasteiger partial charge in [0.15, 0.2) is 0 Å². The summed E-state index contributed by atoms with van der Waals surface area (Å²) in [6.45, 7) is 8.19. The Labute approximate surface area is 166 Å². The molecule has 28 heavy (non-hydrogen) atoms. The highest BCUT2D eigenvalue weighted by molar-refractivity contribution is 5.95. The number of benzene rings is 1. The van der Waals surface area contributed by atoms with E-state index in [-0.39, 0.29) is 18.6 Å². The van der Waals surface area contributed by atoms with Crippen molar-refractivity contribution in [1.82, 2.24) is 15.3 Å². The predicted octanol–water partition coefficient (Wildman–Crippen LogP) is 3.67. The molecule has 6 heteroatoms. The van der Waals surface area contributed by atoms with Crippen LogP contribution in [0, 0.1) is 19.8 Å². The molecule has 148 valence electrons. The van der Waals surface area contributed by atoms with Gasteiger partial charge >= 0.3 is 0 Å². The lowest BCUT2D eigenvalue weighted by Gasteiger charge is -2.31. The Balaban J connectivity index is 1.65. The highest BCUT2D eigenvalue weighted by Crippen LogP contribution is 2.30. The third-order valence-corrected chi connectivity index (χ3v) is 5.11. The van der Waals surface area contributed by atoms with Crippen molar-refractivity contribution in [2.75, 3.05) is 11.9 Å². The highest BCUT2D eigenvalue weighted by atomic mass is 16.3. The molecule has 1 aliphatic carbocycles. The summed E-state index contributed by atoms with van der Waals surface area (Å²) in [5, 5.41) is 15.4. The van der Waals surface area contributed by atoms with Crippen LogP contribution in [-0.4, -0.2) is 33.6 Å². The van der Waals surface area contributed by atoms with E-state index >= 15 is 0 Å². The summed E-state index contributed by atoms with van der Waals surface area (Å²) in [5.41, 5.74) is 4.16. The number of aliphatic hydroxyl groups excluding tert-OH is 1. The van der Waals surface area contributed by atoms with Crippen molar-refractivity contribution >= 4 is 17.5 Å². The standard InChI is InChI=1S/C22H28N4O2/c1-14-11-17(9-10-27)7-8-20(14)26-21(28)18-5-4-6-19(13-18)25-22-23-15(2)12-16(3)24-22/h4-6,12-13,17,20,27H,1,7-11H2,2-3H3,(H,26,28)(H,23,24,25). The van der Waals surface area contributed by atoms with E-state index in [0.29, 0.717) is 17.4 Å². The van der Waals surface area contributed by atoms with E-state index in [0.717, 1.165) is 48.3 Å². The fourth-order valence-electron chi connectivity index (χ4n) is 3.72. The lowest BCUT2D eigenvalue weighted by Crippen LogP contribution is -2.39. The zero-order valence-corrected chi connectivity index (χ0v) is 16.5. The van der Waals surface area contributed by atoms with Crippen LogP contribution < -0.4 is 10.6 Å². The number of anilines is 2. The second-order valence-corrected chi connectivity index (χ2v) is 7.52. The Bertz CT molecular complexity index is 845. The number of nitrogens with zero attached hydrogens (tertiary/aromatic N) is 2. The molecule has 1 amide bonds. The van der Waals surface area contributed by atoms with Crippen LogP contribution in [-0.2, 0) is 0 Å². The van der Waals surface area contributed by atoms with Gasteiger partial charge in [0.25, 0.3) is 5.91 Å². The Morgan fingerprint density at radius 2 is 1.96 bits per heavy atom. The van der Waals surface area contributed by atoms with Gasteiger partial charge in [0, 0.05) is 29.2 Å². The molecule has 0 radical (unpaired) electrons. The van der Waals surface area contributed by atoms with Gasteiger partial charge in [-0.05, 0) is 69.7 Å². The SMILES string of the molecule is C=C1CC(CCO)CCC1NC(=O)c1cccc(Nc2nc(C)cc(C)n2)c1. The fraction of sp³-hybridized carbons (Fsp3) is 0.409. The molecule has 1 aromatic heterocycles. The van der Waals surface area contributed by atoms with Crippen molar-refractivity contribution in [3.05, 3.63) is 59.4 Å². The maximum absolute atomic E-state index is 12.7. The monoisotopic (exact) mass is 380 g/mol. The van der Waals surface area contributed by atoms with Gasteiger partial charge in [0.1, 0.15) is 0 Å². The fourth-order valence-corrected chi connectivity index (χ4v) is 3.72. The van der Waals surface area contributed by atoms with Crippen molar-refractivity contribution in [2.24, 2.45) is 5.92 Å². The topological polar surface area (TPSA) is 87.1 Å². The van der Waals surface area contributed by atoms with Crippen molar-refractivity contribution in [2.45, 2.75) is 45.6 Å².